The Hall–Kier alpha value is -1.26. The van der Waals surface area contributed by atoms with E-state index in [0.717, 1.165) is 38.1 Å². The van der Waals surface area contributed by atoms with E-state index in [-0.39, 0.29) is 5.75 Å². The maximum atomic E-state index is 9.65. The van der Waals surface area contributed by atoms with Crippen molar-refractivity contribution in [2.75, 3.05) is 20.3 Å². The molecule has 0 spiro atoms. The molecule has 0 fully saturated rings. The van der Waals surface area contributed by atoms with Crippen molar-refractivity contribution in [2.24, 2.45) is 0 Å². The van der Waals surface area contributed by atoms with Gasteiger partial charge in [0.15, 0.2) is 11.5 Å². The second-order valence-electron chi connectivity index (χ2n) is 4.81. The summed E-state index contributed by atoms with van der Waals surface area (Å²) in [6.07, 6.45) is 2.48. The molecule has 0 atom stereocenters. The van der Waals surface area contributed by atoms with Crippen molar-refractivity contribution in [3.8, 4) is 11.5 Å². The smallest absolute Gasteiger partial charge is 0.160 e. The van der Waals surface area contributed by atoms with E-state index in [4.69, 9.17) is 9.47 Å². The number of phenolic OH excluding ortho intramolecular Hbond substituents is 1. The first-order valence-electron chi connectivity index (χ1n) is 6.81. The van der Waals surface area contributed by atoms with Crippen LogP contribution in [0.2, 0.25) is 0 Å². The zero-order valence-corrected chi connectivity index (χ0v) is 12.1. The van der Waals surface area contributed by atoms with Gasteiger partial charge in [0.2, 0.25) is 0 Å². The molecule has 0 unspecified atom stereocenters. The van der Waals surface area contributed by atoms with Crippen molar-refractivity contribution in [3.63, 3.8) is 0 Å². The molecule has 0 aromatic heterocycles. The molecule has 0 bridgehead atoms. The van der Waals surface area contributed by atoms with Gasteiger partial charge in [0.1, 0.15) is 0 Å². The Morgan fingerprint density at radius 3 is 2.68 bits per heavy atom. The van der Waals surface area contributed by atoms with E-state index < -0.39 is 0 Å². The monoisotopic (exact) mass is 267 g/mol. The quantitative estimate of drug-likeness (QED) is 0.675. The first kappa shape index (κ1) is 15.8. The maximum Gasteiger partial charge on any atom is 0.160 e. The van der Waals surface area contributed by atoms with Gasteiger partial charge in [-0.3, -0.25) is 0 Å². The minimum Gasteiger partial charge on any atom is -0.504 e. The van der Waals surface area contributed by atoms with Gasteiger partial charge in [-0.1, -0.05) is 6.07 Å². The molecule has 0 saturated heterocycles. The highest BCUT2D eigenvalue weighted by Gasteiger charge is 2.01. The van der Waals surface area contributed by atoms with Crippen LogP contribution >= 0.6 is 0 Å². The summed E-state index contributed by atoms with van der Waals surface area (Å²) in [5.74, 6) is 0.696. The van der Waals surface area contributed by atoms with Crippen LogP contribution < -0.4 is 10.1 Å². The van der Waals surface area contributed by atoms with Crippen LogP contribution in [0, 0.1) is 0 Å². The molecular weight excluding hydrogens is 242 g/mol. The fourth-order valence-corrected chi connectivity index (χ4v) is 1.75. The SMILES string of the molecule is COc1ccc(CNCCCCOC(C)C)cc1O. The third-order valence-electron chi connectivity index (χ3n) is 2.77. The highest BCUT2D eigenvalue weighted by atomic mass is 16.5. The largest absolute Gasteiger partial charge is 0.504 e. The molecule has 1 aromatic carbocycles. The van der Waals surface area contributed by atoms with E-state index in [1.54, 1.807) is 19.2 Å². The topological polar surface area (TPSA) is 50.7 Å². The first-order chi connectivity index (χ1) is 9.13. The predicted octanol–water partition coefficient (Wildman–Crippen LogP) is 2.70. The van der Waals surface area contributed by atoms with Crippen LogP contribution in [0.3, 0.4) is 0 Å². The second-order valence-corrected chi connectivity index (χ2v) is 4.81. The van der Waals surface area contributed by atoms with E-state index in [1.165, 1.54) is 0 Å². The third kappa shape index (κ3) is 6.45. The zero-order valence-electron chi connectivity index (χ0n) is 12.1. The average Bonchev–Trinajstić information content (AvgIpc) is 2.37. The Bertz CT molecular complexity index is 366. The summed E-state index contributed by atoms with van der Waals surface area (Å²) in [6.45, 7) is 6.63. The van der Waals surface area contributed by atoms with E-state index >= 15 is 0 Å². The summed E-state index contributed by atoms with van der Waals surface area (Å²) in [4.78, 5) is 0. The number of aromatic hydroxyl groups is 1. The highest BCUT2D eigenvalue weighted by molar-refractivity contribution is 5.41. The molecule has 0 aliphatic carbocycles. The summed E-state index contributed by atoms with van der Waals surface area (Å²) in [5, 5.41) is 13.0. The predicted molar refractivity (Wildman–Crippen MR) is 76.7 cm³/mol. The third-order valence-corrected chi connectivity index (χ3v) is 2.77. The van der Waals surface area contributed by atoms with Crippen molar-refractivity contribution >= 4 is 0 Å². The number of phenols is 1. The van der Waals surface area contributed by atoms with Crippen LogP contribution in [0.25, 0.3) is 0 Å². The molecular formula is C15H25NO3. The fourth-order valence-electron chi connectivity index (χ4n) is 1.75. The summed E-state index contributed by atoms with van der Waals surface area (Å²) in [5.41, 5.74) is 1.05. The lowest BCUT2D eigenvalue weighted by molar-refractivity contribution is 0.0760. The lowest BCUT2D eigenvalue weighted by atomic mass is 10.2. The van der Waals surface area contributed by atoms with E-state index in [2.05, 4.69) is 19.2 Å². The van der Waals surface area contributed by atoms with Gasteiger partial charge in [0.25, 0.3) is 0 Å². The molecule has 0 aliphatic rings. The second kappa shape index (κ2) is 8.77. The van der Waals surface area contributed by atoms with Crippen LogP contribution in [0.5, 0.6) is 11.5 Å². The summed E-state index contributed by atoms with van der Waals surface area (Å²) in [6, 6.07) is 5.46. The van der Waals surface area contributed by atoms with E-state index in [0.29, 0.717) is 11.9 Å². The lowest BCUT2D eigenvalue weighted by Crippen LogP contribution is -2.15. The van der Waals surface area contributed by atoms with Crippen molar-refractivity contribution < 1.29 is 14.6 Å². The highest BCUT2D eigenvalue weighted by Crippen LogP contribution is 2.25. The van der Waals surface area contributed by atoms with Gasteiger partial charge in [0.05, 0.1) is 13.2 Å². The minimum atomic E-state index is 0.187. The Labute approximate surface area is 115 Å². The molecule has 0 radical (unpaired) electrons. The Morgan fingerprint density at radius 2 is 2.05 bits per heavy atom. The Balaban J connectivity index is 2.14. The Morgan fingerprint density at radius 1 is 1.26 bits per heavy atom. The number of methoxy groups -OCH3 is 1. The van der Waals surface area contributed by atoms with Gasteiger partial charge in [-0.15, -0.1) is 0 Å². The molecule has 0 amide bonds. The van der Waals surface area contributed by atoms with Gasteiger partial charge >= 0.3 is 0 Å². The molecule has 2 N–H and O–H groups in total. The number of benzene rings is 1. The summed E-state index contributed by atoms with van der Waals surface area (Å²) >= 11 is 0. The Kier molecular flexibility index (Phi) is 7.30. The van der Waals surface area contributed by atoms with Gasteiger partial charge in [0, 0.05) is 13.2 Å². The van der Waals surface area contributed by atoms with Gasteiger partial charge < -0.3 is 19.9 Å². The van der Waals surface area contributed by atoms with Crippen LogP contribution in [-0.2, 0) is 11.3 Å². The number of rotatable bonds is 9. The average molecular weight is 267 g/mol. The fraction of sp³-hybridized carbons (Fsp3) is 0.600. The molecule has 1 rings (SSSR count). The van der Waals surface area contributed by atoms with Gasteiger partial charge in [-0.2, -0.15) is 0 Å². The number of unbranched alkanes of at least 4 members (excludes halogenated alkanes) is 1. The van der Waals surface area contributed by atoms with Crippen molar-refractivity contribution in [2.45, 2.75) is 39.3 Å². The molecule has 4 nitrogen and oxygen atoms in total. The molecule has 0 aliphatic heterocycles. The number of hydrogen-bond acceptors (Lipinski definition) is 4. The molecule has 108 valence electrons. The zero-order chi connectivity index (χ0) is 14.1. The minimum absolute atomic E-state index is 0.187. The molecule has 4 heteroatoms. The van der Waals surface area contributed by atoms with E-state index in [1.807, 2.05) is 6.07 Å². The van der Waals surface area contributed by atoms with Crippen LogP contribution in [0.1, 0.15) is 32.3 Å². The number of hydrogen-bond donors (Lipinski definition) is 2. The van der Waals surface area contributed by atoms with Crippen molar-refractivity contribution in [1.29, 1.82) is 0 Å². The standard InChI is InChI=1S/C15H25NO3/c1-12(2)19-9-5-4-8-16-11-13-6-7-15(18-3)14(17)10-13/h6-7,10,12,16-17H,4-5,8-9,11H2,1-3H3. The number of nitrogens with one attached hydrogen (secondary N) is 1. The van der Waals surface area contributed by atoms with Crippen molar-refractivity contribution in [3.05, 3.63) is 23.8 Å². The van der Waals surface area contributed by atoms with Gasteiger partial charge in [-0.05, 0) is 50.9 Å². The number of ether oxygens (including phenoxy) is 2. The lowest BCUT2D eigenvalue weighted by Gasteiger charge is -2.09. The van der Waals surface area contributed by atoms with Crippen LogP contribution in [-0.4, -0.2) is 31.5 Å². The molecule has 1 aromatic rings. The van der Waals surface area contributed by atoms with E-state index in [9.17, 15) is 5.11 Å². The normalized spacial score (nSPS) is 10.9. The first-order valence-corrected chi connectivity index (χ1v) is 6.81. The molecule has 0 saturated carbocycles. The summed E-state index contributed by atoms with van der Waals surface area (Å²) < 4.78 is 10.5. The molecule has 0 heterocycles. The van der Waals surface area contributed by atoms with Crippen LogP contribution in [0.15, 0.2) is 18.2 Å². The summed E-state index contributed by atoms with van der Waals surface area (Å²) in [7, 11) is 1.55. The van der Waals surface area contributed by atoms with Gasteiger partial charge in [-0.25, -0.2) is 0 Å². The molecule has 19 heavy (non-hydrogen) atoms. The maximum absolute atomic E-state index is 9.65. The van der Waals surface area contributed by atoms with Crippen molar-refractivity contribution in [1.82, 2.24) is 5.32 Å². The van der Waals surface area contributed by atoms with Crippen LogP contribution in [0.4, 0.5) is 0 Å².